The van der Waals surface area contributed by atoms with Gasteiger partial charge in [-0.05, 0) is 13.0 Å². The number of nitrogens with zero attached hydrogens (tertiary/aromatic N) is 1. The van der Waals surface area contributed by atoms with E-state index >= 15 is 0 Å². The van der Waals surface area contributed by atoms with Gasteiger partial charge >= 0.3 is 66.7 Å². The number of unbranched alkanes of at least 4 members (excludes halogenated alkanes) is 1. The Hall–Kier alpha value is 2.26. The van der Waals surface area contributed by atoms with Crippen LogP contribution in [0.15, 0.2) is 0 Å². The third-order valence-corrected chi connectivity index (χ3v) is 3.10. The average Bonchev–Trinajstić information content (AvgIpc) is 1.94. The topological polar surface area (TPSA) is 124 Å². The standard InChI is InChI=1S/C6H17NO6P2.2Na/c1-2-3-4-7(5-14(8,9)10)6-15(11,12)13;;/h2-6H2,1H3,(H2,8,9,10)(H2,11,12,13);;/q;2*+1/p-2. The van der Waals surface area contributed by atoms with Gasteiger partial charge < -0.3 is 24.1 Å². The van der Waals surface area contributed by atoms with Crippen LogP contribution in [0.5, 0.6) is 0 Å². The Labute approximate surface area is 145 Å². The largest absolute Gasteiger partial charge is 1.00 e. The van der Waals surface area contributed by atoms with Gasteiger partial charge in [0.2, 0.25) is 0 Å². The van der Waals surface area contributed by atoms with Crippen LogP contribution in [0.1, 0.15) is 19.8 Å². The average molecular weight is 305 g/mol. The van der Waals surface area contributed by atoms with Crippen molar-refractivity contribution in [1.29, 1.82) is 0 Å². The van der Waals surface area contributed by atoms with Crippen LogP contribution in [-0.4, -0.2) is 33.8 Å². The van der Waals surface area contributed by atoms with Crippen molar-refractivity contribution < 1.29 is 87.8 Å². The molecule has 0 radical (unpaired) electrons. The van der Waals surface area contributed by atoms with E-state index in [-0.39, 0.29) is 65.7 Å². The normalized spacial score (nSPS) is 11.9. The molecule has 0 rings (SSSR count). The van der Waals surface area contributed by atoms with E-state index in [1.807, 2.05) is 6.92 Å². The zero-order chi connectivity index (χ0) is 12.1. The van der Waals surface area contributed by atoms with Crippen LogP contribution >= 0.6 is 15.2 Å². The van der Waals surface area contributed by atoms with Gasteiger partial charge in [-0.1, -0.05) is 20.9 Å². The predicted octanol–water partition coefficient (Wildman–Crippen LogP) is -6.90. The maximum atomic E-state index is 10.6. The maximum absolute atomic E-state index is 10.6. The minimum Gasteiger partial charge on any atom is -0.810 e. The first-order chi connectivity index (χ1) is 6.64. The van der Waals surface area contributed by atoms with Gasteiger partial charge in [0.15, 0.2) is 0 Å². The van der Waals surface area contributed by atoms with Crippen LogP contribution in [0, 0.1) is 0 Å². The summed E-state index contributed by atoms with van der Waals surface area (Å²) in [5, 5.41) is 0. The Morgan fingerprint density at radius 2 is 1.59 bits per heavy atom. The molecule has 0 spiro atoms. The van der Waals surface area contributed by atoms with E-state index in [0.29, 0.717) is 6.42 Å². The molecule has 0 saturated heterocycles. The summed E-state index contributed by atoms with van der Waals surface area (Å²) in [6.45, 7) is 2.04. The van der Waals surface area contributed by atoms with Gasteiger partial charge in [0, 0.05) is 6.29 Å². The molecule has 0 fully saturated rings. The van der Waals surface area contributed by atoms with E-state index in [9.17, 15) is 18.9 Å². The molecule has 0 unspecified atom stereocenters. The van der Waals surface area contributed by atoms with Crippen molar-refractivity contribution in [2.75, 3.05) is 19.1 Å². The van der Waals surface area contributed by atoms with E-state index in [0.717, 1.165) is 11.3 Å². The van der Waals surface area contributed by atoms with Crippen molar-refractivity contribution in [3.8, 4) is 0 Å². The molecule has 92 valence electrons. The molecule has 11 heteroatoms. The van der Waals surface area contributed by atoms with Crippen LogP contribution in [-0.2, 0) is 9.13 Å². The van der Waals surface area contributed by atoms with E-state index in [1.54, 1.807) is 0 Å². The molecule has 0 aliphatic carbocycles. The van der Waals surface area contributed by atoms with Crippen molar-refractivity contribution in [2.45, 2.75) is 19.8 Å². The second kappa shape index (κ2) is 11.0. The van der Waals surface area contributed by atoms with Gasteiger partial charge in [-0.3, -0.25) is 9.46 Å². The Balaban J connectivity index is -0.000000980. The molecule has 7 nitrogen and oxygen atoms in total. The Morgan fingerprint density at radius 1 is 1.12 bits per heavy atom. The molecule has 0 aliphatic heterocycles. The molecule has 0 aromatic carbocycles. The number of rotatable bonds is 7. The second-order valence-electron chi connectivity index (χ2n) is 3.31. The first kappa shape index (κ1) is 24.3. The Kier molecular flexibility index (Phi) is 15.7. The molecule has 0 amide bonds. The van der Waals surface area contributed by atoms with E-state index in [2.05, 4.69) is 0 Å². The number of hydrogen-bond donors (Lipinski definition) is 2. The van der Waals surface area contributed by atoms with Crippen molar-refractivity contribution in [1.82, 2.24) is 4.90 Å². The molecular formula is C6H15NNa2O6P2. The molecule has 0 aromatic rings. The fraction of sp³-hybridized carbons (Fsp3) is 1.00. The van der Waals surface area contributed by atoms with E-state index < -0.39 is 27.8 Å². The van der Waals surface area contributed by atoms with Crippen LogP contribution in [0.25, 0.3) is 0 Å². The predicted molar refractivity (Wildman–Crippen MR) is 51.0 cm³/mol. The third kappa shape index (κ3) is 18.3. The van der Waals surface area contributed by atoms with E-state index in [4.69, 9.17) is 9.79 Å². The van der Waals surface area contributed by atoms with Gasteiger partial charge in [0.25, 0.3) is 0 Å². The van der Waals surface area contributed by atoms with Crippen LogP contribution in [0.3, 0.4) is 0 Å². The van der Waals surface area contributed by atoms with Crippen LogP contribution in [0.4, 0.5) is 0 Å². The minimum absolute atomic E-state index is 0. The van der Waals surface area contributed by atoms with Gasteiger partial charge in [-0.25, -0.2) is 0 Å². The summed E-state index contributed by atoms with van der Waals surface area (Å²) in [7, 11) is -9.09. The van der Waals surface area contributed by atoms with Gasteiger partial charge in [0.1, 0.15) is 6.29 Å². The monoisotopic (exact) mass is 305 g/mol. The van der Waals surface area contributed by atoms with Crippen molar-refractivity contribution in [3.05, 3.63) is 0 Å². The Bertz CT molecular complexity index is 256. The van der Waals surface area contributed by atoms with Crippen molar-refractivity contribution in [3.63, 3.8) is 0 Å². The third-order valence-electron chi connectivity index (χ3n) is 1.59. The SMILES string of the molecule is CCCCN(CP(=O)([O-])[O-])CP(=O)(O)O.[Na+].[Na+]. The summed E-state index contributed by atoms with van der Waals surface area (Å²) in [6.07, 6.45) is -0.195. The smallest absolute Gasteiger partial charge is 0.810 e. The number of hydrogen-bond acceptors (Lipinski definition) is 5. The van der Waals surface area contributed by atoms with Crippen LogP contribution in [0.2, 0.25) is 0 Å². The molecule has 0 atom stereocenters. The summed E-state index contributed by atoms with van der Waals surface area (Å²) >= 11 is 0. The van der Waals surface area contributed by atoms with Gasteiger partial charge in [-0.15, -0.1) is 0 Å². The van der Waals surface area contributed by atoms with Crippen molar-refractivity contribution >= 4 is 15.2 Å². The summed E-state index contributed by atoms with van der Waals surface area (Å²) in [5.41, 5.74) is 0. The summed E-state index contributed by atoms with van der Waals surface area (Å²) in [6, 6.07) is 0. The molecule has 17 heavy (non-hydrogen) atoms. The first-order valence-corrected chi connectivity index (χ1v) is 7.94. The van der Waals surface area contributed by atoms with Crippen molar-refractivity contribution in [2.24, 2.45) is 0 Å². The summed E-state index contributed by atoms with van der Waals surface area (Å²) in [4.78, 5) is 39.2. The maximum Gasteiger partial charge on any atom is 1.00 e. The Morgan fingerprint density at radius 3 is 1.88 bits per heavy atom. The summed E-state index contributed by atoms with van der Waals surface area (Å²) < 4.78 is 21.1. The summed E-state index contributed by atoms with van der Waals surface area (Å²) in [5.74, 6) is 0. The first-order valence-electron chi connectivity index (χ1n) is 4.42. The minimum atomic E-state index is -4.77. The molecule has 0 bridgehead atoms. The van der Waals surface area contributed by atoms with Gasteiger partial charge in [-0.2, -0.15) is 0 Å². The molecule has 2 N–H and O–H groups in total. The zero-order valence-corrected chi connectivity index (χ0v) is 16.2. The quantitative estimate of drug-likeness (QED) is 0.354. The molecular weight excluding hydrogens is 290 g/mol. The molecule has 0 saturated carbocycles. The molecule has 0 aliphatic rings. The van der Waals surface area contributed by atoms with Gasteiger partial charge in [0.05, 0.1) is 0 Å². The zero-order valence-electron chi connectivity index (χ0n) is 10.4. The fourth-order valence-corrected chi connectivity index (χ4v) is 2.72. The van der Waals surface area contributed by atoms with Crippen LogP contribution < -0.4 is 68.9 Å². The van der Waals surface area contributed by atoms with E-state index in [1.165, 1.54) is 0 Å². The second-order valence-corrected chi connectivity index (χ2v) is 6.42. The molecule has 0 aromatic heterocycles. The molecule has 0 heterocycles. The fourth-order valence-electron chi connectivity index (χ4n) is 1.07.